The van der Waals surface area contributed by atoms with Crippen molar-refractivity contribution in [1.29, 1.82) is 0 Å². The lowest BCUT2D eigenvalue weighted by Gasteiger charge is -2.15. The Bertz CT molecular complexity index is 190. The van der Waals surface area contributed by atoms with Gasteiger partial charge >= 0.3 is 5.97 Å². The molecule has 0 aliphatic heterocycles. The van der Waals surface area contributed by atoms with E-state index >= 15 is 0 Å². The Hall–Kier alpha value is -0.830. The zero-order chi connectivity index (χ0) is 10.4. The minimum Gasteiger partial charge on any atom is -0.469 e. The van der Waals surface area contributed by atoms with Crippen molar-refractivity contribution >= 4 is 5.97 Å². The largest absolute Gasteiger partial charge is 0.469 e. The van der Waals surface area contributed by atoms with Crippen LogP contribution in [0.25, 0.3) is 0 Å². The fourth-order valence-corrected chi connectivity index (χ4v) is 1.00. The maximum absolute atomic E-state index is 11.2. The number of hydrogen-bond donors (Lipinski definition) is 1. The standard InChI is InChI=1S/C10H18O3/c1-7(2)5-6-9(8(3)11)10(12)13-4/h5,8-9,11H,6H2,1-4H3/t8-,9?/m0/s1. The molecular formula is C10H18O3. The predicted molar refractivity (Wildman–Crippen MR) is 51.2 cm³/mol. The van der Waals surface area contributed by atoms with E-state index in [1.54, 1.807) is 6.92 Å². The van der Waals surface area contributed by atoms with Crippen LogP contribution in [0.3, 0.4) is 0 Å². The molecule has 1 unspecified atom stereocenters. The fraction of sp³-hybridized carbons (Fsp3) is 0.700. The van der Waals surface area contributed by atoms with Crippen LogP contribution in [0.2, 0.25) is 0 Å². The number of carbonyl (C=O) groups is 1. The van der Waals surface area contributed by atoms with Crippen molar-refractivity contribution in [2.45, 2.75) is 33.3 Å². The number of allylic oxidation sites excluding steroid dienone is 2. The molecule has 0 spiro atoms. The van der Waals surface area contributed by atoms with Crippen molar-refractivity contribution < 1.29 is 14.6 Å². The highest BCUT2D eigenvalue weighted by molar-refractivity contribution is 5.73. The molecule has 0 aromatic carbocycles. The fourth-order valence-electron chi connectivity index (χ4n) is 1.00. The third-order valence-electron chi connectivity index (χ3n) is 1.87. The summed E-state index contributed by atoms with van der Waals surface area (Å²) in [5, 5.41) is 9.30. The van der Waals surface area contributed by atoms with Crippen molar-refractivity contribution in [3.63, 3.8) is 0 Å². The second-order valence-corrected chi connectivity index (χ2v) is 3.39. The first-order valence-corrected chi connectivity index (χ1v) is 4.38. The molecule has 3 heteroatoms. The average molecular weight is 186 g/mol. The molecule has 76 valence electrons. The molecule has 0 bridgehead atoms. The number of methoxy groups -OCH3 is 1. The zero-order valence-electron chi connectivity index (χ0n) is 8.70. The smallest absolute Gasteiger partial charge is 0.311 e. The topological polar surface area (TPSA) is 46.5 Å². The maximum atomic E-state index is 11.2. The summed E-state index contributed by atoms with van der Waals surface area (Å²) in [4.78, 5) is 11.2. The third-order valence-corrected chi connectivity index (χ3v) is 1.87. The molecule has 1 N–H and O–H groups in total. The first-order valence-electron chi connectivity index (χ1n) is 4.38. The number of esters is 1. The number of aliphatic hydroxyl groups excluding tert-OH is 1. The summed E-state index contributed by atoms with van der Waals surface area (Å²) in [6, 6.07) is 0. The molecule has 3 nitrogen and oxygen atoms in total. The van der Waals surface area contributed by atoms with E-state index in [4.69, 9.17) is 0 Å². The van der Waals surface area contributed by atoms with Gasteiger partial charge < -0.3 is 9.84 Å². The molecule has 0 saturated carbocycles. The number of rotatable bonds is 4. The first kappa shape index (κ1) is 12.2. The van der Waals surface area contributed by atoms with Gasteiger partial charge in [-0.3, -0.25) is 4.79 Å². The van der Waals surface area contributed by atoms with E-state index in [2.05, 4.69) is 4.74 Å². The van der Waals surface area contributed by atoms with Crippen molar-refractivity contribution in [3.05, 3.63) is 11.6 Å². The van der Waals surface area contributed by atoms with E-state index in [0.717, 1.165) is 5.57 Å². The van der Waals surface area contributed by atoms with Crippen LogP contribution >= 0.6 is 0 Å². The molecule has 0 aliphatic carbocycles. The predicted octanol–water partition coefficient (Wildman–Crippen LogP) is 1.51. The van der Waals surface area contributed by atoms with Crippen molar-refractivity contribution in [2.75, 3.05) is 7.11 Å². The molecular weight excluding hydrogens is 168 g/mol. The van der Waals surface area contributed by atoms with E-state index in [1.807, 2.05) is 19.9 Å². The zero-order valence-corrected chi connectivity index (χ0v) is 8.70. The molecule has 0 amide bonds. The van der Waals surface area contributed by atoms with Gasteiger partial charge in [0.15, 0.2) is 0 Å². The van der Waals surface area contributed by atoms with Crippen LogP contribution in [0.15, 0.2) is 11.6 Å². The summed E-state index contributed by atoms with van der Waals surface area (Å²) in [5.41, 5.74) is 1.13. The lowest BCUT2D eigenvalue weighted by molar-refractivity contribution is -0.148. The molecule has 0 fully saturated rings. The van der Waals surface area contributed by atoms with E-state index in [0.29, 0.717) is 6.42 Å². The molecule has 0 heterocycles. The van der Waals surface area contributed by atoms with Crippen LogP contribution in [-0.2, 0) is 9.53 Å². The Labute approximate surface area is 79.4 Å². The summed E-state index contributed by atoms with van der Waals surface area (Å²) in [6.07, 6.45) is 1.80. The number of hydrogen-bond acceptors (Lipinski definition) is 3. The van der Waals surface area contributed by atoms with E-state index in [-0.39, 0.29) is 5.97 Å². The minimum absolute atomic E-state index is 0.354. The van der Waals surface area contributed by atoms with Gasteiger partial charge in [0.25, 0.3) is 0 Å². The highest BCUT2D eigenvalue weighted by Gasteiger charge is 2.22. The van der Waals surface area contributed by atoms with Crippen LogP contribution < -0.4 is 0 Å². The first-order chi connectivity index (χ1) is 5.99. The molecule has 0 aliphatic rings. The quantitative estimate of drug-likeness (QED) is 0.534. The van der Waals surface area contributed by atoms with E-state index in [1.165, 1.54) is 7.11 Å². The van der Waals surface area contributed by atoms with E-state index < -0.39 is 12.0 Å². The van der Waals surface area contributed by atoms with Gasteiger partial charge in [-0.1, -0.05) is 11.6 Å². The molecule has 0 radical (unpaired) electrons. The van der Waals surface area contributed by atoms with Crippen LogP contribution in [0.5, 0.6) is 0 Å². The SMILES string of the molecule is COC(=O)C(CC=C(C)C)[C@H](C)O. The van der Waals surface area contributed by atoms with Gasteiger partial charge in [-0.2, -0.15) is 0 Å². The van der Waals surface area contributed by atoms with Crippen molar-refractivity contribution in [3.8, 4) is 0 Å². The van der Waals surface area contributed by atoms with E-state index in [9.17, 15) is 9.90 Å². The average Bonchev–Trinajstić information content (AvgIpc) is 2.03. The maximum Gasteiger partial charge on any atom is 0.311 e. The monoisotopic (exact) mass is 186 g/mol. The van der Waals surface area contributed by atoms with Gasteiger partial charge in [-0.25, -0.2) is 0 Å². The summed E-state index contributed by atoms with van der Waals surface area (Å²) >= 11 is 0. The Kier molecular flexibility index (Phi) is 5.39. The van der Waals surface area contributed by atoms with Gasteiger partial charge in [0, 0.05) is 0 Å². The summed E-state index contributed by atoms with van der Waals surface area (Å²) in [5.74, 6) is -0.799. The van der Waals surface area contributed by atoms with Crippen LogP contribution in [0, 0.1) is 5.92 Å². The summed E-state index contributed by atoms with van der Waals surface area (Å²) < 4.78 is 4.58. The Balaban J connectivity index is 4.27. The second kappa shape index (κ2) is 5.75. The van der Waals surface area contributed by atoms with Crippen molar-refractivity contribution in [1.82, 2.24) is 0 Å². The Morgan fingerprint density at radius 3 is 2.38 bits per heavy atom. The molecule has 0 aromatic rings. The van der Waals surface area contributed by atoms with Gasteiger partial charge in [0.2, 0.25) is 0 Å². The lowest BCUT2D eigenvalue weighted by Crippen LogP contribution is -2.26. The second-order valence-electron chi connectivity index (χ2n) is 3.39. The number of aliphatic hydroxyl groups is 1. The van der Waals surface area contributed by atoms with Crippen LogP contribution in [0.4, 0.5) is 0 Å². The summed E-state index contributed by atoms with van der Waals surface area (Å²) in [7, 11) is 1.33. The molecule has 13 heavy (non-hydrogen) atoms. The van der Waals surface area contributed by atoms with Gasteiger partial charge in [0.1, 0.15) is 0 Å². The summed E-state index contributed by atoms with van der Waals surface area (Å²) in [6.45, 7) is 5.51. The normalized spacial score (nSPS) is 14.5. The van der Waals surface area contributed by atoms with Crippen LogP contribution in [0.1, 0.15) is 27.2 Å². The lowest BCUT2D eigenvalue weighted by atomic mass is 9.99. The highest BCUT2D eigenvalue weighted by Crippen LogP contribution is 2.12. The van der Waals surface area contributed by atoms with Gasteiger partial charge in [-0.15, -0.1) is 0 Å². The number of carbonyl (C=O) groups excluding carboxylic acids is 1. The highest BCUT2D eigenvalue weighted by atomic mass is 16.5. The third kappa shape index (κ3) is 4.68. The van der Waals surface area contributed by atoms with Gasteiger partial charge in [0.05, 0.1) is 19.1 Å². The minimum atomic E-state index is -0.664. The Morgan fingerprint density at radius 1 is 1.54 bits per heavy atom. The van der Waals surface area contributed by atoms with Crippen molar-refractivity contribution in [2.24, 2.45) is 5.92 Å². The molecule has 0 rings (SSSR count). The molecule has 0 aromatic heterocycles. The van der Waals surface area contributed by atoms with Crippen LogP contribution in [-0.4, -0.2) is 24.3 Å². The molecule has 2 atom stereocenters. The Morgan fingerprint density at radius 2 is 2.08 bits per heavy atom. The van der Waals surface area contributed by atoms with Gasteiger partial charge in [-0.05, 0) is 27.2 Å². The molecule has 0 saturated heterocycles. The number of ether oxygens (including phenoxy) is 1.